The number of carbonyl (C=O) groups is 1. The molecule has 0 spiro atoms. The van der Waals surface area contributed by atoms with Gasteiger partial charge in [-0.3, -0.25) is 0 Å². The number of fused-ring (bicyclic) bond motifs is 1. The summed E-state index contributed by atoms with van der Waals surface area (Å²) in [5.41, 5.74) is 1.86. The molecule has 0 aliphatic rings. The Bertz CT molecular complexity index is 1070. The molecule has 31 heavy (non-hydrogen) atoms. The average Bonchev–Trinajstić information content (AvgIpc) is 2.81. The number of carbonyl (C=O) groups excluding carboxylic acids is 1. The van der Waals surface area contributed by atoms with Crippen molar-refractivity contribution in [3.8, 4) is 17.2 Å². The Kier molecular flexibility index (Phi) is 7.03. The number of benzene rings is 3. The van der Waals surface area contributed by atoms with Crippen LogP contribution in [0.15, 0.2) is 66.7 Å². The van der Waals surface area contributed by atoms with Gasteiger partial charge in [-0.1, -0.05) is 43.0 Å². The minimum Gasteiger partial charge on any atom is -0.493 e. The van der Waals surface area contributed by atoms with E-state index in [2.05, 4.69) is 11.9 Å². The van der Waals surface area contributed by atoms with Gasteiger partial charge in [-0.2, -0.15) is 0 Å². The van der Waals surface area contributed by atoms with E-state index in [9.17, 15) is 4.79 Å². The highest BCUT2D eigenvalue weighted by molar-refractivity contribution is 5.91. The van der Waals surface area contributed by atoms with Crippen LogP contribution < -0.4 is 19.5 Å². The highest BCUT2D eigenvalue weighted by Gasteiger charge is 2.24. The third-order valence-electron chi connectivity index (χ3n) is 4.97. The van der Waals surface area contributed by atoms with Gasteiger partial charge in [0.2, 0.25) is 5.75 Å². The van der Waals surface area contributed by atoms with Crippen LogP contribution >= 0.6 is 0 Å². The minimum absolute atomic E-state index is 0.270. The zero-order chi connectivity index (χ0) is 22.4. The van der Waals surface area contributed by atoms with Gasteiger partial charge in [0.05, 0.1) is 39.6 Å². The highest BCUT2D eigenvalue weighted by Crippen LogP contribution is 2.41. The minimum atomic E-state index is -0.522. The second-order valence-corrected chi connectivity index (χ2v) is 6.84. The summed E-state index contributed by atoms with van der Waals surface area (Å²) in [5, 5.41) is 5.56. The molecule has 0 unspecified atom stereocenters. The topological polar surface area (TPSA) is 66.0 Å². The van der Waals surface area contributed by atoms with E-state index in [0.717, 1.165) is 16.3 Å². The third kappa shape index (κ3) is 4.74. The fraction of sp³-hybridized carbons (Fsp3) is 0.240. The molecule has 0 saturated heterocycles. The van der Waals surface area contributed by atoms with Crippen LogP contribution in [-0.2, 0) is 9.53 Å². The molecule has 0 radical (unpaired) electrons. The zero-order valence-electron chi connectivity index (χ0n) is 18.2. The fourth-order valence-corrected chi connectivity index (χ4v) is 3.43. The molecule has 0 aromatic heterocycles. The van der Waals surface area contributed by atoms with E-state index in [0.29, 0.717) is 28.5 Å². The molecule has 0 aliphatic heterocycles. The Morgan fingerprint density at radius 3 is 2.16 bits per heavy atom. The number of ether oxygens (including phenoxy) is 4. The van der Waals surface area contributed by atoms with E-state index in [1.807, 2.05) is 42.5 Å². The number of esters is 1. The van der Waals surface area contributed by atoms with Crippen LogP contribution in [0.1, 0.15) is 18.5 Å². The number of nitrogens with one attached hydrogen (secondary N) is 1. The first-order chi connectivity index (χ1) is 15.0. The molecule has 3 aromatic carbocycles. The van der Waals surface area contributed by atoms with Crippen LogP contribution in [-0.4, -0.2) is 33.9 Å². The second kappa shape index (κ2) is 9.89. The smallest absolute Gasteiger partial charge is 0.335 e. The molecule has 0 fully saturated rings. The van der Waals surface area contributed by atoms with E-state index < -0.39 is 12.0 Å². The van der Waals surface area contributed by atoms with Gasteiger partial charge in [0.15, 0.2) is 11.5 Å². The SMILES string of the molecule is C=C(C(=O)OCC)[C@@H](Nc1cc(OC)c(OC)c(OC)c1)c1ccc2ccccc2c1. The lowest BCUT2D eigenvalue weighted by Crippen LogP contribution is -2.20. The van der Waals surface area contributed by atoms with Gasteiger partial charge in [-0.25, -0.2) is 4.79 Å². The monoisotopic (exact) mass is 421 g/mol. The van der Waals surface area contributed by atoms with E-state index in [4.69, 9.17) is 18.9 Å². The molecule has 0 aliphatic carbocycles. The van der Waals surface area contributed by atoms with E-state index in [1.165, 1.54) is 0 Å². The van der Waals surface area contributed by atoms with Gasteiger partial charge < -0.3 is 24.3 Å². The predicted molar refractivity (Wildman–Crippen MR) is 122 cm³/mol. The molecule has 3 rings (SSSR count). The molecule has 162 valence electrons. The molecule has 0 saturated carbocycles. The van der Waals surface area contributed by atoms with Crippen molar-refractivity contribution in [2.45, 2.75) is 13.0 Å². The maximum absolute atomic E-state index is 12.5. The Morgan fingerprint density at radius 1 is 0.935 bits per heavy atom. The maximum atomic E-state index is 12.5. The Labute approximate surface area is 182 Å². The molecule has 1 atom stereocenters. The van der Waals surface area contributed by atoms with Crippen molar-refractivity contribution >= 4 is 22.4 Å². The first kappa shape index (κ1) is 22.0. The molecule has 6 heteroatoms. The number of hydrogen-bond donors (Lipinski definition) is 1. The first-order valence-corrected chi connectivity index (χ1v) is 9.93. The zero-order valence-corrected chi connectivity index (χ0v) is 18.2. The number of hydrogen-bond acceptors (Lipinski definition) is 6. The van der Waals surface area contributed by atoms with Gasteiger partial charge in [-0.15, -0.1) is 0 Å². The number of anilines is 1. The summed E-state index contributed by atoms with van der Waals surface area (Å²) in [5.74, 6) is 1.04. The van der Waals surface area contributed by atoms with E-state index >= 15 is 0 Å². The van der Waals surface area contributed by atoms with Crippen molar-refractivity contribution in [1.29, 1.82) is 0 Å². The lowest BCUT2D eigenvalue weighted by molar-refractivity contribution is -0.138. The van der Waals surface area contributed by atoms with E-state index in [1.54, 1.807) is 40.4 Å². The maximum Gasteiger partial charge on any atom is 0.335 e. The van der Waals surface area contributed by atoms with Crippen molar-refractivity contribution < 1.29 is 23.7 Å². The van der Waals surface area contributed by atoms with Crippen molar-refractivity contribution in [3.63, 3.8) is 0 Å². The summed E-state index contributed by atoms with van der Waals surface area (Å²) < 4.78 is 21.5. The summed E-state index contributed by atoms with van der Waals surface area (Å²) in [6.45, 7) is 6.06. The molecule has 0 amide bonds. The standard InChI is InChI=1S/C25H27NO5/c1-6-31-25(27)16(2)23(19-12-11-17-9-7-8-10-18(17)13-19)26-20-14-21(28-3)24(30-5)22(15-20)29-4/h7-15,23,26H,2,6H2,1,3-5H3/t23-/m1/s1. The van der Waals surface area contributed by atoms with Crippen molar-refractivity contribution in [3.05, 3.63) is 72.3 Å². The number of rotatable bonds is 9. The third-order valence-corrected chi connectivity index (χ3v) is 4.97. The molecule has 3 aromatic rings. The van der Waals surface area contributed by atoms with Crippen LogP contribution in [0.25, 0.3) is 10.8 Å². The van der Waals surface area contributed by atoms with Crippen LogP contribution in [0.4, 0.5) is 5.69 Å². The van der Waals surface area contributed by atoms with Crippen molar-refractivity contribution in [1.82, 2.24) is 0 Å². The average molecular weight is 421 g/mol. The van der Waals surface area contributed by atoms with E-state index in [-0.39, 0.29) is 6.61 Å². The lowest BCUT2D eigenvalue weighted by Gasteiger charge is -2.23. The normalized spacial score (nSPS) is 11.5. The van der Waals surface area contributed by atoms with Crippen LogP contribution in [0, 0.1) is 0 Å². The van der Waals surface area contributed by atoms with Crippen LogP contribution in [0.2, 0.25) is 0 Å². The molecular weight excluding hydrogens is 394 g/mol. The van der Waals surface area contributed by atoms with Gasteiger partial charge in [0, 0.05) is 17.8 Å². The number of methoxy groups -OCH3 is 3. The fourth-order valence-electron chi connectivity index (χ4n) is 3.43. The van der Waals surface area contributed by atoms with Crippen molar-refractivity contribution in [2.24, 2.45) is 0 Å². The Morgan fingerprint density at radius 2 is 1.58 bits per heavy atom. The van der Waals surface area contributed by atoms with Gasteiger partial charge in [-0.05, 0) is 29.3 Å². The summed E-state index contributed by atoms with van der Waals surface area (Å²) in [4.78, 5) is 12.5. The summed E-state index contributed by atoms with van der Waals surface area (Å²) in [7, 11) is 4.66. The predicted octanol–water partition coefficient (Wildman–Crippen LogP) is 5.14. The summed E-state index contributed by atoms with van der Waals surface area (Å²) >= 11 is 0. The Hall–Kier alpha value is -3.67. The van der Waals surface area contributed by atoms with Crippen LogP contribution in [0.3, 0.4) is 0 Å². The highest BCUT2D eigenvalue weighted by atomic mass is 16.5. The molecule has 0 heterocycles. The van der Waals surface area contributed by atoms with Gasteiger partial charge >= 0.3 is 5.97 Å². The molecule has 0 bridgehead atoms. The largest absolute Gasteiger partial charge is 0.493 e. The Balaban J connectivity index is 2.06. The summed E-state index contributed by atoms with van der Waals surface area (Å²) in [6.07, 6.45) is 0. The molecule has 6 nitrogen and oxygen atoms in total. The first-order valence-electron chi connectivity index (χ1n) is 9.93. The van der Waals surface area contributed by atoms with Gasteiger partial charge in [0.1, 0.15) is 0 Å². The molecular formula is C25H27NO5. The van der Waals surface area contributed by atoms with Gasteiger partial charge in [0.25, 0.3) is 0 Å². The lowest BCUT2D eigenvalue weighted by atomic mass is 9.96. The second-order valence-electron chi connectivity index (χ2n) is 6.84. The van der Waals surface area contributed by atoms with Crippen LogP contribution in [0.5, 0.6) is 17.2 Å². The van der Waals surface area contributed by atoms with Crippen molar-refractivity contribution in [2.75, 3.05) is 33.3 Å². The quantitative estimate of drug-likeness (QED) is 0.381. The summed E-state index contributed by atoms with van der Waals surface area (Å²) in [6, 6.07) is 17.1. The molecule has 1 N–H and O–H groups in total.